The smallest absolute Gasteiger partial charge is 0.252 e. The summed E-state index contributed by atoms with van der Waals surface area (Å²) in [4.78, 5) is 14.1. The minimum absolute atomic E-state index is 0.0280. The molecule has 0 bridgehead atoms. The van der Waals surface area contributed by atoms with Crippen molar-refractivity contribution in [2.45, 2.75) is 25.9 Å². The number of carbonyl (C=O) groups is 1. The standard InChI is InChI=1S/C16H21ClF2N2O2/c1-10-2-4-21(5-3-10)9-11(22)8-20-16(23)12-6-14(18)15(19)7-13(12)17/h6-7,10-11,22H,2-5,8-9H2,1H3,(H,20,23). The lowest BCUT2D eigenvalue weighted by molar-refractivity contribution is 0.0795. The van der Waals surface area contributed by atoms with Gasteiger partial charge in [-0.25, -0.2) is 8.78 Å². The van der Waals surface area contributed by atoms with Crippen molar-refractivity contribution in [3.05, 3.63) is 34.4 Å². The lowest BCUT2D eigenvalue weighted by Crippen LogP contribution is -2.43. The summed E-state index contributed by atoms with van der Waals surface area (Å²) in [7, 11) is 0. The van der Waals surface area contributed by atoms with Crippen molar-refractivity contribution in [1.82, 2.24) is 10.2 Å². The molecule has 1 amide bonds. The molecule has 2 rings (SSSR count). The SMILES string of the molecule is CC1CCN(CC(O)CNC(=O)c2cc(F)c(F)cc2Cl)CC1. The Kier molecular flexibility index (Phi) is 6.33. The molecule has 0 aliphatic carbocycles. The molecule has 7 heteroatoms. The maximum atomic E-state index is 13.2. The third-order valence-electron chi connectivity index (χ3n) is 4.10. The summed E-state index contributed by atoms with van der Waals surface area (Å²) in [6, 6.07) is 1.52. The fourth-order valence-corrected chi connectivity index (χ4v) is 2.85. The number of carbonyl (C=O) groups excluding carboxylic acids is 1. The molecule has 1 atom stereocenters. The van der Waals surface area contributed by atoms with Crippen LogP contribution in [-0.2, 0) is 0 Å². The van der Waals surface area contributed by atoms with Crippen LogP contribution in [0.2, 0.25) is 5.02 Å². The largest absolute Gasteiger partial charge is 0.390 e. The van der Waals surface area contributed by atoms with Crippen LogP contribution in [0, 0.1) is 17.6 Å². The van der Waals surface area contributed by atoms with Gasteiger partial charge in [0.25, 0.3) is 5.91 Å². The minimum Gasteiger partial charge on any atom is -0.390 e. The van der Waals surface area contributed by atoms with E-state index in [0.717, 1.165) is 38.1 Å². The Labute approximate surface area is 139 Å². The van der Waals surface area contributed by atoms with Gasteiger partial charge in [0.15, 0.2) is 11.6 Å². The summed E-state index contributed by atoms with van der Waals surface area (Å²) < 4.78 is 26.2. The second-order valence-corrected chi connectivity index (χ2v) is 6.50. The number of aliphatic hydroxyl groups excluding tert-OH is 1. The number of halogens is 3. The molecule has 128 valence electrons. The summed E-state index contributed by atoms with van der Waals surface area (Å²) >= 11 is 5.74. The minimum atomic E-state index is -1.14. The molecule has 0 radical (unpaired) electrons. The average Bonchev–Trinajstić information content (AvgIpc) is 2.51. The van der Waals surface area contributed by atoms with Crippen LogP contribution in [0.1, 0.15) is 30.1 Å². The molecule has 0 spiro atoms. The van der Waals surface area contributed by atoms with Crippen LogP contribution >= 0.6 is 11.6 Å². The van der Waals surface area contributed by atoms with Gasteiger partial charge in [-0.15, -0.1) is 0 Å². The molecule has 1 unspecified atom stereocenters. The molecule has 0 saturated carbocycles. The summed E-state index contributed by atoms with van der Waals surface area (Å²) in [6.07, 6.45) is 1.48. The zero-order valence-electron chi connectivity index (χ0n) is 13.0. The molecule has 1 heterocycles. The number of β-amino-alcohol motifs (C(OH)–C–C–N with tert-alkyl or cyclic N) is 1. The molecule has 2 N–H and O–H groups in total. The maximum absolute atomic E-state index is 13.2. The molecule has 0 aromatic heterocycles. The molecular weight excluding hydrogens is 326 g/mol. The van der Waals surface area contributed by atoms with Crippen LogP contribution < -0.4 is 5.32 Å². The van der Waals surface area contributed by atoms with E-state index < -0.39 is 23.6 Å². The van der Waals surface area contributed by atoms with Gasteiger partial charge < -0.3 is 15.3 Å². The highest BCUT2D eigenvalue weighted by atomic mass is 35.5. The Hall–Kier alpha value is -1.24. The van der Waals surface area contributed by atoms with Gasteiger partial charge >= 0.3 is 0 Å². The van der Waals surface area contributed by atoms with Crippen molar-refractivity contribution in [2.75, 3.05) is 26.2 Å². The number of piperidine rings is 1. The van der Waals surface area contributed by atoms with E-state index in [4.69, 9.17) is 11.6 Å². The summed E-state index contributed by atoms with van der Waals surface area (Å²) in [5, 5.41) is 12.3. The van der Waals surface area contributed by atoms with Crippen LogP contribution in [0.3, 0.4) is 0 Å². The van der Waals surface area contributed by atoms with E-state index in [0.29, 0.717) is 12.5 Å². The maximum Gasteiger partial charge on any atom is 0.252 e. The normalized spacial score (nSPS) is 18.0. The van der Waals surface area contributed by atoms with Crippen LogP contribution in [0.5, 0.6) is 0 Å². The van der Waals surface area contributed by atoms with Gasteiger partial charge in [0.2, 0.25) is 0 Å². The van der Waals surface area contributed by atoms with E-state index >= 15 is 0 Å². The molecule has 23 heavy (non-hydrogen) atoms. The summed E-state index contributed by atoms with van der Waals surface area (Å²) in [5.41, 5.74) is -0.149. The van der Waals surface area contributed by atoms with E-state index in [1.54, 1.807) is 0 Å². The third kappa shape index (κ3) is 5.12. The number of hydrogen-bond donors (Lipinski definition) is 2. The van der Waals surface area contributed by atoms with Crippen LogP contribution in [0.15, 0.2) is 12.1 Å². The van der Waals surface area contributed by atoms with E-state index in [1.807, 2.05) is 0 Å². The van der Waals surface area contributed by atoms with Crippen molar-refractivity contribution >= 4 is 17.5 Å². The fraction of sp³-hybridized carbons (Fsp3) is 0.562. The van der Waals surface area contributed by atoms with E-state index in [-0.39, 0.29) is 17.1 Å². The molecule has 1 fully saturated rings. The van der Waals surface area contributed by atoms with E-state index in [9.17, 15) is 18.7 Å². The third-order valence-corrected chi connectivity index (χ3v) is 4.41. The fourth-order valence-electron chi connectivity index (χ4n) is 2.61. The molecule has 1 aromatic rings. The number of amides is 1. The first-order valence-electron chi connectivity index (χ1n) is 7.70. The number of rotatable bonds is 5. The molecule has 1 saturated heterocycles. The van der Waals surface area contributed by atoms with E-state index in [2.05, 4.69) is 17.1 Å². The number of nitrogens with zero attached hydrogens (tertiary/aromatic N) is 1. The van der Waals surface area contributed by atoms with Crippen molar-refractivity contribution < 1.29 is 18.7 Å². The second-order valence-electron chi connectivity index (χ2n) is 6.09. The highest BCUT2D eigenvalue weighted by Crippen LogP contribution is 2.20. The van der Waals surface area contributed by atoms with Gasteiger partial charge in [-0.05, 0) is 44.0 Å². The highest BCUT2D eigenvalue weighted by Gasteiger charge is 2.20. The predicted molar refractivity (Wildman–Crippen MR) is 84.5 cm³/mol. The van der Waals surface area contributed by atoms with Gasteiger partial charge in [0.05, 0.1) is 16.7 Å². The van der Waals surface area contributed by atoms with Gasteiger partial charge in [-0.2, -0.15) is 0 Å². The van der Waals surface area contributed by atoms with Crippen LogP contribution in [0.25, 0.3) is 0 Å². The number of likely N-dealkylation sites (tertiary alicyclic amines) is 1. The van der Waals surface area contributed by atoms with Gasteiger partial charge in [-0.1, -0.05) is 18.5 Å². The lowest BCUT2D eigenvalue weighted by atomic mass is 9.99. The Morgan fingerprint density at radius 1 is 1.39 bits per heavy atom. The first kappa shape index (κ1) is 18.1. The van der Waals surface area contributed by atoms with Crippen molar-refractivity contribution in [1.29, 1.82) is 0 Å². The van der Waals surface area contributed by atoms with Crippen molar-refractivity contribution in [3.8, 4) is 0 Å². The van der Waals surface area contributed by atoms with E-state index in [1.165, 1.54) is 0 Å². The van der Waals surface area contributed by atoms with Gasteiger partial charge in [-0.3, -0.25) is 4.79 Å². The Balaban J connectivity index is 1.83. The quantitative estimate of drug-likeness (QED) is 0.805. The second kappa shape index (κ2) is 8.04. The Morgan fingerprint density at radius 3 is 2.65 bits per heavy atom. The predicted octanol–water partition coefficient (Wildman–Crippen LogP) is 2.44. The van der Waals surface area contributed by atoms with Gasteiger partial charge in [0, 0.05) is 13.1 Å². The van der Waals surface area contributed by atoms with Gasteiger partial charge in [0.1, 0.15) is 0 Å². The monoisotopic (exact) mass is 346 g/mol. The molecule has 1 aliphatic rings. The summed E-state index contributed by atoms with van der Waals surface area (Å²) in [6.45, 7) is 4.57. The first-order valence-corrected chi connectivity index (χ1v) is 8.07. The molecule has 4 nitrogen and oxygen atoms in total. The molecule has 1 aromatic carbocycles. The van der Waals surface area contributed by atoms with Crippen LogP contribution in [-0.4, -0.2) is 48.2 Å². The number of nitrogens with one attached hydrogen (secondary N) is 1. The Bertz CT molecular complexity index is 563. The van der Waals surface area contributed by atoms with Crippen LogP contribution in [0.4, 0.5) is 8.78 Å². The molecular formula is C16H21ClF2N2O2. The summed E-state index contributed by atoms with van der Waals surface area (Å²) in [5.74, 6) is -2.17. The number of benzene rings is 1. The van der Waals surface area contributed by atoms with Crippen molar-refractivity contribution in [3.63, 3.8) is 0 Å². The molecule has 1 aliphatic heterocycles. The van der Waals surface area contributed by atoms with Crippen molar-refractivity contribution in [2.24, 2.45) is 5.92 Å². The zero-order chi connectivity index (χ0) is 17.0. The zero-order valence-corrected chi connectivity index (χ0v) is 13.7. The Morgan fingerprint density at radius 2 is 2.00 bits per heavy atom. The highest BCUT2D eigenvalue weighted by molar-refractivity contribution is 6.33. The lowest BCUT2D eigenvalue weighted by Gasteiger charge is -2.31. The number of aliphatic hydroxyl groups is 1. The topological polar surface area (TPSA) is 52.6 Å². The average molecular weight is 347 g/mol. The number of hydrogen-bond acceptors (Lipinski definition) is 3. The first-order chi connectivity index (χ1) is 10.9.